The number of anilines is 2. The number of hydrogen-bond donors (Lipinski definition) is 5. The van der Waals surface area contributed by atoms with Crippen molar-refractivity contribution < 1.29 is 51.0 Å². The lowest BCUT2D eigenvalue weighted by atomic mass is 9.99. The van der Waals surface area contributed by atoms with Crippen LogP contribution in [-0.2, 0) is 22.4 Å². The van der Waals surface area contributed by atoms with Gasteiger partial charge in [0.2, 0.25) is 0 Å². The van der Waals surface area contributed by atoms with Gasteiger partial charge in [0.25, 0.3) is 17.7 Å². The van der Waals surface area contributed by atoms with Crippen molar-refractivity contribution in [3.05, 3.63) is 70.5 Å². The molecule has 0 radical (unpaired) electrons. The van der Waals surface area contributed by atoms with Gasteiger partial charge >= 0.3 is 0 Å². The van der Waals surface area contributed by atoms with Crippen molar-refractivity contribution in [2.24, 2.45) is 0 Å². The van der Waals surface area contributed by atoms with Crippen molar-refractivity contribution in [2.75, 3.05) is 77.0 Å². The van der Waals surface area contributed by atoms with Crippen LogP contribution in [-0.4, -0.2) is 136 Å². The number of piperidine rings is 3. The first kappa shape index (κ1) is 45.7. The number of nitrogens with two attached hydrogens (primary N) is 2. The second kappa shape index (κ2) is 21.7. The van der Waals surface area contributed by atoms with Gasteiger partial charge in [0.05, 0.1) is 44.4 Å². The number of aromatic nitrogens is 2. The van der Waals surface area contributed by atoms with E-state index in [4.69, 9.17) is 32.5 Å². The average Bonchev–Trinajstić information content (AvgIpc) is 3.22. The van der Waals surface area contributed by atoms with E-state index in [-0.39, 0.29) is 78.2 Å². The van der Waals surface area contributed by atoms with Gasteiger partial charge in [-0.3, -0.25) is 14.4 Å². The maximum Gasteiger partial charge on any atom is 0.274 e. The largest absolute Gasteiger partial charge is 1.00 e. The van der Waals surface area contributed by atoms with Crippen molar-refractivity contribution in [1.29, 1.82) is 0 Å². The molecule has 0 bridgehead atoms. The van der Waals surface area contributed by atoms with Crippen LogP contribution in [0.15, 0.2) is 48.5 Å². The molecule has 3 fully saturated rings. The molecule has 6 rings (SSSR count). The van der Waals surface area contributed by atoms with Crippen LogP contribution in [0.3, 0.4) is 0 Å². The lowest BCUT2D eigenvalue weighted by molar-refractivity contribution is -0.933. The molecule has 0 aliphatic carbocycles. The van der Waals surface area contributed by atoms with E-state index in [0.29, 0.717) is 63.4 Å². The number of aliphatic hydroxyl groups is 2. The van der Waals surface area contributed by atoms with Crippen LogP contribution in [0.4, 0.5) is 11.6 Å². The van der Waals surface area contributed by atoms with Crippen molar-refractivity contribution in [3.8, 4) is 11.5 Å². The number of carbonyl (C=O) groups excluding carboxylic acids is 3. The summed E-state index contributed by atoms with van der Waals surface area (Å²) in [6, 6.07) is 15.7. The topological polar surface area (TPSA) is 206 Å². The summed E-state index contributed by atoms with van der Waals surface area (Å²) in [6.45, 7) is 5.77. The van der Waals surface area contributed by atoms with Gasteiger partial charge in [-0.1, -0.05) is 35.9 Å². The second-order valence-corrected chi connectivity index (χ2v) is 16.3. The number of carbonyl (C=O) groups is 3. The Balaban J connectivity index is 0.00000661. The third kappa shape index (κ3) is 13.3. The van der Waals surface area contributed by atoms with Crippen LogP contribution < -0.4 is 38.7 Å². The van der Waals surface area contributed by atoms with Gasteiger partial charge in [-0.15, -0.1) is 0 Å². The van der Waals surface area contributed by atoms with E-state index in [2.05, 4.69) is 15.3 Å². The number of amides is 3. The number of aryl methyl sites for hydroxylation is 2. The van der Waals surface area contributed by atoms with Gasteiger partial charge in [0, 0.05) is 39.0 Å². The molecule has 1 aromatic heterocycles. The van der Waals surface area contributed by atoms with Crippen molar-refractivity contribution in [1.82, 2.24) is 25.1 Å². The normalized spacial score (nSPS) is 18.5. The molecule has 4 heterocycles. The number of benzene rings is 2. The third-order valence-electron chi connectivity index (χ3n) is 11.6. The monoisotopic (exact) mass is 856 g/mol. The molecule has 0 unspecified atom stereocenters. The van der Waals surface area contributed by atoms with Gasteiger partial charge in [0.15, 0.2) is 35.7 Å². The van der Waals surface area contributed by atoms with Gasteiger partial charge in [-0.05, 0) is 86.8 Å². The average molecular weight is 858 g/mol. The van der Waals surface area contributed by atoms with E-state index in [1.54, 1.807) is 9.80 Å². The van der Waals surface area contributed by atoms with Crippen molar-refractivity contribution in [3.63, 3.8) is 0 Å². The fraction of sp³-hybridized carbons (Fsp3) is 0.548. The lowest BCUT2D eigenvalue weighted by Gasteiger charge is -2.45. The van der Waals surface area contributed by atoms with E-state index in [0.717, 1.165) is 69.2 Å². The Morgan fingerprint density at radius 1 is 0.746 bits per heavy atom. The summed E-state index contributed by atoms with van der Waals surface area (Å²) in [5.41, 5.74) is 14.1. The Hall–Kier alpha value is -4.41. The quantitative estimate of drug-likeness (QED) is 0.121. The number of ether oxygens (including phenoxy) is 2. The fourth-order valence-corrected chi connectivity index (χ4v) is 8.39. The molecule has 322 valence electrons. The predicted molar refractivity (Wildman–Crippen MR) is 220 cm³/mol. The summed E-state index contributed by atoms with van der Waals surface area (Å²) in [7, 11) is 0. The molecule has 59 heavy (non-hydrogen) atoms. The number of aliphatic hydroxyl groups excluding tert-OH is 2. The maximum absolute atomic E-state index is 13.3. The second-order valence-electron chi connectivity index (χ2n) is 15.9. The number of rotatable bonds is 16. The van der Waals surface area contributed by atoms with E-state index in [9.17, 15) is 24.6 Å². The number of likely N-dealkylation sites (tertiary alicyclic amines) is 3. The molecule has 1 atom stereocenters. The number of quaternary nitrogens is 1. The zero-order valence-electron chi connectivity index (χ0n) is 33.6. The highest BCUT2D eigenvalue weighted by atomic mass is 35.5. The van der Waals surface area contributed by atoms with E-state index in [1.165, 1.54) is 11.1 Å². The Morgan fingerprint density at radius 2 is 1.22 bits per heavy atom. The molecule has 3 saturated heterocycles. The molecule has 0 saturated carbocycles. The maximum atomic E-state index is 13.3. The zero-order valence-corrected chi connectivity index (χ0v) is 35.1. The van der Waals surface area contributed by atoms with Gasteiger partial charge in [-0.2, -0.15) is 0 Å². The molecular weight excluding hydrogens is 799 g/mol. The summed E-state index contributed by atoms with van der Waals surface area (Å²) >= 11 is 6.08. The first-order valence-electron chi connectivity index (χ1n) is 20.5. The van der Waals surface area contributed by atoms with Gasteiger partial charge in [0.1, 0.15) is 11.5 Å². The third-order valence-corrected chi connectivity index (χ3v) is 11.9. The molecule has 7 N–H and O–H groups in total. The lowest BCUT2D eigenvalue weighted by Crippen LogP contribution is -3.00. The van der Waals surface area contributed by atoms with Crippen LogP contribution in [0.1, 0.15) is 73.0 Å². The van der Waals surface area contributed by atoms with E-state index < -0.39 is 5.91 Å². The summed E-state index contributed by atoms with van der Waals surface area (Å²) in [6.07, 6.45) is 7.11. The van der Waals surface area contributed by atoms with Crippen molar-refractivity contribution in [2.45, 2.75) is 82.5 Å². The Bertz CT molecular complexity index is 1750. The van der Waals surface area contributed by atoms with E-state index in [1.807, 2.05) is 48.5 Å². The molecule has 17 heteroatoms. The molecule has 0 spiro atoms. The number of nitrogen functional groups attached to an aromatic ring is 2. The molecular formula is C42H58Cl2N8O7. The standard InChI is InChI=1S/C42H57ClN8O7.ClH/c43-39-41(45)48-40(44)38(47-39)42(56)46-31-6-3-25-51(26-31,23-1-4-29-7-11-34(12-8-29)57-27-36(54)49-19-15-32(52)16-20-49)24-2-5-30-9-13-35(14-10-30)58-28-37(55)50-21-17-33(53)18-22-50;/h7-14,31-33,52-53H,1-6,15-28H2,(H4-,44,45,46,48,56);1H/t31-;/m0./s1. The SMILES string of the molecule is Nc1nc(N)c(C(=O)N[C@H]2CCC[N+](CCCc3ccc(OCC(=O)N4CCC(O)CC4)cc3)(CCCc3ccc(OCC(=O)N4CCC(O)CC4)cc3)C2)nc1Cl.[Cl-]. The molecule has 3 aliphatic heterocycles. The Morgan fingerprint density at radius 3 is 1.69 bits per heavy atom. The van der Waals surface area contributed by atoms with Crippen LogP contribution in [0, 0.1) is 0 Å². The van der Waals surface area contributed by atoms with Crippen LogP contribution in [0.2, 0.25) is 5.15 Å². The number of nitrogens with zero attached hydrogens (tertiary/aromatic N) is 5. The minimum atomic E-state index is -0.422. The smallest absolute Gasteiger partial charge is 0.274 e. The minimum Gasteiger partial charge on any atom is -1.00 e. The van der Waals surface area contributed by atoms with E-state index >= 15 is 0 Å². The highest BCUT2D eigenvalue weighted by Crippen LogP contribution is 2.25. The fourth-order valence-electron chi connectivity index (χ4n) is 8.27. The zero-order chi connectivity index (χ0) is 41.1. The summed E-state index contributed by atoms with van der Waals surface area (Å²) in [5, 5.41) is 22.5. The van der Waals surface area contributed by atoms with Crippen LogP contribution >= 0.6 is 11.6 Å². The first-order valence-corrected chi connectivity index (χ1v) is 20.9. The predicted octanol–water partition coefficient (Wildman–Crippen LogP) is -0.00280. The van der Waals surface area contributed by atoms with Crippen molar-refractivity contribution >= 4 is 41.0 Å². The summed E-state index contributed by atoms with van der Waals surface area (Å²) in [4.78, 5) is 50.1. The number of hydrogen-bond acceptors (Lipinski definition) is 11. The van der Waals surface area contributed by atoms with Gasteiger partial charge in [-0.25, -0.2) is 9.97 Å². The molecule has 15 nitrogen and oxygen atoms in total. The molecule has 3 aromatic rings. The minimum absolute atomic E-state index is 0. The molecule has 3 amide bonds. The molecule has 3 aliphatic rings. The molecule has 2 aromatic carbocycles. The van der Waals surface area contributed by atoms with Crippen LogP contribution in [0.25, 0.3) is 0 Å². The number of nitrogens with one attached hydrogen (secondary N) is 1. The Kier molecular flexibility index (Phi) is 16.8. The first-order chi connectivity index (χ1) is 27.9. The Labute approximate surface area is 357 Å². The highest BCUT2D eigenvalue weighted by molar-refractivity contribution is 6.31. The summed E-state index contributed by atoms with van der Waals surface area (Å²) < 4.78 is 12.4. The number of halogens is 2. The highest BCUT2D eigenvalue weighted by Gasteiger charge is 2.36. The summed E-state index contributed by atoms with van der Waals surface area (Å²) in [5.74, 6) is 0.644. The van der Waals surface area contributed by atoms with Gasteiger partial charge < -0.3 is 63.2 Å². The van der Waals surface area contributed by atoms with Crippen LogP contribution in [0.5, 0.6) is 11.5 Å².